The number of hydrogen-bond donors (Lipinski definition) is 2. The Balaban J connectivity index is 0.902. The molecule has 6 rings (SSSR count). The highest BCUT2D eigenvalue weighted by Gasteiger charge is 2.20. The molecule has 2 aromatic carbocycles. The quantitative estimate of drug-likeness (QED) is 0.106. The van der Waals surface area contributed by atoms with E-state index in [4.69, 9.17) is 9.47 Å². The molecule has 0 aliphatic heterocycles. The normalized spacial score (nSPS) is 11.0. The third-order valence-corrected chi connectivity index (χ3v) is 8.36. The topological polar surface area (TPSA) is 137 Å². The first kappa shape index (κ1) is 36.6. The minimum atomic E-state index is -0.797. The van der Waals surface area contributed by atoms with Crippen molar-refractivity contribution in [1.82, 2.24) is 39.4 Å². The molecule has 0 bridgehead atoms. The smallest absolute Gasteiger partial charge is 0.295 e. The number of imidazole rings is 2. The molecule has 0 spiro atoms. The number of ether oxygens (including phenoxy) is 2. The number of nitrogens with one attached hydrogen (secondary N) is 2. The van der Waals surface area contributed by atoms with Gasteiger partial charge in [0.05, 0.1) is 6.61 Å². The zero-order chi connectivity index (χ0) is 37.2. The van der Waals surface area contributed by atoms with Gasteiger partial charge >= 0.3 is 0 Å². The number of halogens is 2. The van der Waals surface area contributed by atoms with Gasteiger partial charge in [0, 0.05) is 49.5 Å². The van der Waals surface area contributed by atoms with Gasteiger partial charge in [0.25, 0.3) is 24.0 Å². The molecule has 0 fully saturated rings. The number of amides is 2. The second-order valence-electron chi connectivity index (χ2n) is 12.3. The van der Waals surface area contributed by atoms with Crippen LogP contribution in [-0.4, -0.2) is 60.9 Å². The third-order valence-electron chi connectivity index (χ3n) is 8.36. The molecule has 0 saturated heterocycles. The summed E-state index contributed by atoms with van der Waals surface area (Å²) in [7, 11) is 1.59. The number of rotatable bonds is 15. The van der Waals surface area contributed by atoms with Gasteiger partial charge in [0.1, 0.15) is 12.4 Å². The fraction of sp³-hybridized carbons (Fsp3) is 0.282. The van der Waals surface area contributed by atoms with E-state index in [1.54, 1.807) is 32.4 Å². The summed E-state index contributed by atoms with van der Waals surface area (Å²) in [4.78, 5) is 42.0. The second-order valence-corrected chi connectivity index (χ2v) is 12.3. The van der Waals surface area contributed by atoms with Gasteiger partial charge in [-0.1, -0.05) is 48.9 Å². The second kappa shape index (κ2) is 17.3. The highest BCUT2D eigenvalue weighted by atomic mass is 19.1. The lowest BCUT2D eigenvalue weighted by Gasteiger charge is -2.08. The Morgan fingerprint density at radius 2 is 1.32 bits per heavy atom. The minimum Gasteiger partial charge on any atom is -0.494 e. The predicted octanol–water partition coefficient (Wildman–Crippen LogP) is 5.40. The van der Waals surface area contributed by atoms with Gasteiger partial charge < -0.3 is 20.1 Å². The number of aromatic nitrogens is 6. The van der Waals surface area contributed by atoms with Crippen LogP contribution in [0.4, 0.5) is 8.78 Å². The van der Waals surface area contributed by atoms with Gasteiger partial charge in [-0.2, -0.15) is 18.7 Å². The highest BCUT2D eigenvalue weighted by Crippen LogP contribution is 2.17. The van der Waals surface area contributed by atoms with E-state index in [-0.39, 0.29) is 35.8 Å². The largest absolute Gasteiger partial charge is 0.494 e. The van der Waals surface area contributed by atoms with Crippen molar-refractivity contribution >= 4 is 23.1 Å². The fourth-order valence-electron chi connectivity index (χ4n) is 5.54. The molecule has 12 nitrogen and oxygen atoms in total. The van der Waals surface area contributed by atoms with Crippen molar-refractivity contribution in [3.63, 3.8) is 0 Å². The predicted molar refractivity (Wildman–Crippen MR) is 192 cm³/mol. The van der Waals surface area contributed by atoms with Crippen LogP contribution >= 0.6 is 0 Å². The maximum atomic E-state index is 14.5. The molecule has 0 radical (unpaired) electrons. The van der Waals surface area contributed by atoms with Crippen molar-refractivity contribution in [3.8, 4) is 17.6 Å². The average molecular weight is 721 g/mol. The summed E-state index contributed by atoms with van der Waals surface area (Å²) in [5.74, 6) is 5.58. The standard InChI is InChI=1S/C39H38F2N8O4/c1-26-18-20-48-34(44-26)32(46-38(48)40)36(50)43-25-29-14-16-31(17-15-29)53-23-6-4-3-5-9-30-19-21-49-35(45-30)33(47-39(49)41)37(51)42-24-28-12-10-27(11-13-28)8-7-22-52-2/h10-21H,3-6,9,22-25H2,1-2H3,(H,42,51)(H,43,50). The van der Waals surface area contributed by atoms with Crippen LogP contribution in [-0.2, 0) is 24.2 Å². The van der Waals surface area contributed by atoms with E-state index in [0.29, 0.717) is 31.1 Å². The van der Waals surface area contributed by atoms with Crippen molar-refractivity contribution in [1.29, 1.82) is 0 Å². The Bertz CT molecular complexity index is 2280. The Kier molecular flexibility index (Phi) is 12.0. The zero-order valence-electron chi connectivity index (χ0n) is 29.4. The molecule has 0 atom stereocenters. The first-order valence-electron chi connectivity index (χ1n) is 17.2. The fourth-order valence-corrected chi connectivity index (χ4v) is 5.54. The van der Waals surface area contributed by atoms with Gasteiger partial charge in [-0.05, 0) is 73.7 Å². The van der Waals surface area contributed by atoms with Crippen molar-refractivity contribution in [2.75, 3.05) is 20.3 Å². The van der Waals surface area contributed by atoms with E-state index in [9.17, 15) is 18.4 Å². The molecule has 0 unspecified atom stereocenters. The molecule has 0 aliphatic carbocycles. The summed E-state index contributed by atoms with van der Waals surface area (Å²) >= 11 is 0. The lowest BCUT2D eigenvalue weighted by atomic mass is 10.1. The van der Waals surface area contributed by atoms with Crippen molar-refractivity contribution in [3.05, 3.63) is 125 Å². The molecule has 0 saturated carbocycles. The lowest BCUT2D eigenvalue weighted by molar-refractivity contribution is 0.0939. The van der Waals surface area contributed by atoms with Crippen LogP contribution in [0, 0.1) is 30.9 Å². The summed E-state index contributed by atoms with van der Waals surface area (Å²) < 4.78 is 41.8. The van der Waals surface area contributed by atoms with Crippen LogP contribution in [0.25, 0.3) is 11.3 Å². The van der Waals surface area contributed by atoms with Crippen LogP contribution in [0.5, 0.6) is 5.75 Å². The number of aryl methyl sites for hydroxylation is 2. The van der Waals surface area contributed by atoms with E-state index in [2.05, 4.69) is 42.4 Å². The number of carbonyl (C=O) groups is 2. The lowest BCUT2D eigenvalue weighted by Crippen LogP contribution is -2.23. The molecule has 2 amide bonds. The summed E-state index contributed by atoms with van der Waals surface area (Å²) in [6.07, 6.45) is 5.73. The molecule has 6 aromatic rings. The maximum Gasteiger partial charge on any atom is 0.295 e. The van der Waals surface area contributed by atoms with E-state index < -0.39 is 24.0 Å². The molecule has 272 valence electrons. The summed E-state index contributed by atoms with van der Waals surface area (Å²) in [5.41, 5.74) is 4.18. The van der Waals surface area contributed by atoms with Crippen molar-refractivity contribution in [2.24, 2.45) is 0 Å². The maximum absolute atomic E-state index is 14.5. The molecular weight excluding hydrogens is 682 g/mol. The number of methoxy groups -OCH3 is 1. The van der Waals surface area contributed by atoms with E-state index in [1.165, 1.54) is 10.6 Å². The monoisotopic (exact) mass is 720 g/mol. The van der Waals surface area contributed by atoms with E-state index in [1.807, 2.05) is 48.5 Å². The molecule has 0 aliphatic rings. The number of carbonyl (C=O) groups excluding carboxylic acids is 2. The van der Waals surface area contributed by atoms with E-state index >= 15 is 0 Å². The summed E-state index contributed by atoms with van der Waals surface area (Å²) in [6, 6.07) is 18.2. The van der Waals surface area contributed by atoms with Crippen LogP contribution in [0.15, 0.2) is 73.1 Å². The highest BCUT2D eigenvalue weighted by molar-refractivity contribution is 5.98. The Hall–Kier alpha value is -6.20. The average Bonchev–Trinajstić information content (AvgIpc) is 3.68. The van der Waals surface area contributed by atoms with Crippen LogP contribution < -0.4 is 15.4 Å². The first-order chi connectivity index (χ1) is 25.8. The van der Waals surface area contributed by atoms with Gasteiger partial charge in [-0.25, -0.2) is 9.97 Å². The minimum absolute atomic E-state index is 0.0613. The molecular formula is C39H38F2N8O4. The Labute approximate surface area is 304 Å². The number of nitrogens with zero attached hydrogens (tertiary/aromatic N) is 6. The van der Waals surface area contributed by atoms with Crippen LogP contribution in [0.2, 0.25) is 0 Å². The van der Waals surface area contributed by atoms with Crippen molar-refractivity contribution < 1.29 is 27.8 Å². The number of benzene rings is 2. The SMILES string of the molecule is COCC#Cc1ccc(CNC(=O)c2nc(F)n3ccc(CCCCCCOc4ccc(CNC(=O)c5nc(F)n6ccc(C)nc56)cc4)nc23)cc1. The molecule has 4 aromatic heterocycles. The van der Waals surface area contributed by atoms with Gasteiger partial charge in [-0.3, -0.25) is 18.4 Å². The molecule has 4 heterocycles. The van der Waals surface area contributed by atoms with Crippen molar-refractivity contribution in [2.45, 2.75) is 52.1 Å². The molecule has 2 N–H and O–H groups in total. The number of unbranched alkanes of at least 4 members (excludes halogenated alkanes) is 3. The van der Waals surface area contributed by atoms with Crippen LogP contribution in [0.1, 0.15) is 74.7 Å². The molecule has 53 heavy (non-hydrogen) atoms. The molecule has 14 heteroatoms. The van der Waals surface area contributed by atoms with Gasteiger partial charge in [0.15, 0.2) is 22.7 Å². The summed E-state index contributed by atoms with van der Waals surface area (Å²) in [6.45, 7) is 3.14. The number of hydrogen-bond acceptors (Lipinski definition) is 8. The first-order valence-corrected chi connectivity index (χ1v) is 17.2. The third kappa shape index (κ3) is 9.38. The summed E-state index contributed by atoms with van der Waals surface area (Å²) in [5, 5.41) is 5.57. The van der Waals surface area contributed by atoms with Crippen LogP contribution in [0.3, 0.4) is 0 Å². The van der Waals surface area contributed by atoms with E-state index in [0.717, 1.165) is 52.5 Å². The van der Waals surface area contributed by atoms with Gasteiger partial charge in [-0.15, -0.1) is 0 Å². The van der Waals surface area contributed by atoms with Gasteiger partial charge in [0.2, 0.25) is 0 Å². The number of fused-ring (bicyclic) bond motifs is 2. The zero-order valence-corrected chi connectivity index (χ0v) is 29.4. The Morgan fingerprint density at radius 1 is 0.736 bits per heavy atom. The Morgan fingerprint density at radius 3 is 1.96 bits per heavy atom.